The molecule has 0 saturated carbocycles. The fraction of sp³-hybridized carbons (Fsp3) is 0.560. The van der Waals surface area contributed by atoms with Crippen LogP contribution in [0.25, 0.3) is 0 Å². The highest BCUT2D eigenvalue weighted by Crippen LogP contribution is 2.40. The molecule has 4 aliphatic rings. The predicted octanol–water partition coefficient (Wildman–Crippen LogP) is 1.53. The lowest BCUT2D eigenvalue weighted by atomic mass is 9.79. The number of ether oxygens (including phenoxy) is 1. The van der Waals surface area contributed by atoms with Crippen molar-refractivity contribution in [1.29, 1.82) is 0 Å². The molecule has 1 aromatic rings. The van der Waals surface area contributed by atoms with E-state index in [1.807, 2.05) is 25.7 Å². The SMILES string of the molecule is CC(C)(C)OC(=O)N1CC2(CCN(C(=O)c3ccc4c(c3)CN(C3CCC(=O)NC3=O)C4=O)C2)C1. The Morgan fingerprint density at radius 2 is 1.80 bits per heavy atom. The van der Waals surface area contributed by atoms with Crippen molar-refractivity contribution in [3.05, 3.63) is 34.9 Å². The van der Waals surface area contributed by atoms with Crippen LogP contribution in [0.3, 0.4) is 0 Å². The summed E-state index contributed by atoms with van der Waals surface area (Å²) in [5.41, 5.74) is 1.06. The normalized spacial score (nSPS) is 23.3. The van der Waals surface area contributed by atoms with Crippen LogP contribution >= 0.6 is 0 Å². The number of nitrogens with zero attached hydrogens (tertiary/aromatic N) is 3. The zero-order valence-corrected chi connectivity index (χ0v) is 20.3. The van der Waals surface area contributed by atoms with Crippen molar-refractivity contribution >= 4 is 29.7 Å². The second-order valence-corrected chi connectivity index (χ2v) is 11.1. The van der Waals surface area contributed by atoms with Crippen LogP contribution in [-0.4, -0.2) is 82.2 Å². The number of fused-ring (bicyclic) bond motifs is 1. The van der Waals surface area contributed by atoms with Crippen LogP contribution in [0.15, 0.2) is 18.2 Å². The standard InChI is InChI=1S/C25H30N4O6/c1-24(2,3)35-23(34)28-13-25(14-28)8-9-27(12-25)21(32)15-4-5-17-16(10-15)11-29(22(17)33)18-6-7-19(30)26-20(18)31/h4-5,10,18H,6-9,11-14H2,1-3H3,(H,26,30,31). The molecular formula is C25H30N4O6. The minimum Gasteiger partial charge on any atom is -0.444 e. The monoisotopic (exact) mass is 482 g/mol. The van der Waals surface area contributed by atoms with Crippen molar-refractivity contribution in [1.82, 2.24) is 20.0 Å². The highest BCUT2D eigenvalue weighted by atomic mass is 16.6. The van der Waals surface area contributed by atoms with Gasteiger partial charge in [0.05, 0.1) is 0 Å². The summed E-state index contributed by atoms with van der Waals surface area (Å²) in [5.74, 6) is -1.15. The van der Waals surface area contributed by atoms with Gasteiger partial charge >= 0.3 is 6.09 Å². The molecule has 10 nitrogen and oxygen atoms in total. The number of nitrogens with one attached hydrogen (secondary N) is 1. The van der Waals surface area contributed by atoms with Crippen LogP contribution in [0.1, 0.15) is 66.3 Å². The van der Waals surface area contributed by atoms with Gasteiger partial charge in [-0.1, -0.05) is 0 Å². The van der Waals surface area contributed by atoms with E-state index in [2.05, 4.69) is 5.32 Å². The summed E-state index contributed by atoms with van der Waals surface area (Å²) < 4.78 is 5.44. The van der Waals surface area contributed by atoms with E-state index in [9.17, 15) is 24.0 Å². The van der Waals surface area contributed by atoms with Gasteiger partial charge in [-0.3, -0.25) is 24.5 Å². The Balaban J connectivity index is 1.22. The van der Waals surface area contributed by atoms with Crippen molar-refractivity contribution in [2.24, 2.45) is 5.41 Å². The van der Waals surface area contributed by atoms with E-state index >= 15 is 0 Å². The zero-order chi connectivity index (χ0) is 25.1. The number of piperidine rings is 1. The molecule has 35 heavy (non-hydrogen) atoms. The number of amides is 5. The third-order valence-corrected chi connectivity index (χ3v) is 7.20. The van der Waals surface area contributed by atoms with Crippen molar-refractivity contribution in [3.8, 4) is 0 Å². The van der Waals surface area contributed by atoms with Crippen molar-refractivity contribution in [2.75, 3.05) is 26.2 Å². The number of rotatable bonds is 2. The average Bonchev–Trinajstić information content (AvgIpc) is 3.33. The van der Waals surface area contributed by atoms with E-state index in [0.717, 1.165) is 6.42 Å². The second kappa shape index (κ2) is 8.07. The van der Waals surface area contributed by atoms with Crippen LogP contribution in [0, 0.1) is 5.41 Å². The van der Waals surface area contributed by atoms with Crippen LogP contribution in [-0.2, 0) is 20.9 Å². The quantitative estimate of drug-likeness (QED) is 0.639. The Kier molecular flexibility index (Phi) is 5.37. The van der Waals surface area contributed by atoms with Gasteiger partial charge in [0, 0.05) is 55.7 Å². The highest BCUT2D eigenvalue weighted by molar-refractivity contribution is 6.06. The lowest BCUT2D eigenvalue weighted by Crippen LogP contribution is -2.60. The van der Waals surface area contributed by atoms with E-state index in [4.69, 9.17) is 4.74 Å². The maximum atomic E-state index is 13.3. The molecule has 5 rings (SSSR count). The number of benzene rings is 1. The molecule has 3 saturated heterocycles. The van der Waals surface area contributed by atoms with E-state index in [0.29, 0.717) is 49.3 Å². The Hall–Kier alpha value is -3.43. The van der Waals surface area contributed by atoms with Crippen LogP contribution in [0.4, 0.5) is 4.79 Å². The van der Waals surface area contributed by atoms with Crippen LogP contribution < -0.4 is 5.32 Å². The molecule has 1 spiro atoms. The molecule has 0 radical (unpaired) electrons. The van der Waals surface area contributed by atoms with E-state index in [-0.39, 0.29) is 42.2 Å². The molecule has 0 aromatic heterocycles. The highest BCUT2D eigenvalue weighted by Gasteiger charge is 2.51. The van der Waals surface area contributed by atoms with Gasteiger partial charge in [0.15, 0.2) is 0 Å². The molecule has 1 N–H and O–H groups in total. The molecule has 1 unspecified atom stereocenters. The van der Waals surface area contributed by atoms with Gasteiger partial charge in [-0.25, -0.2) is 4.79 Å². The van der Waals surface area contributed by atoms with Gasteiger partial charge in [0.2, 0.25) is 11.8 Å². The molecule has 4 heterocycles. The summed E-state index contributed by atoms with van der Waals surface area (Å²) in [6, 6.07) is 4.36. The second-order valence-electron chi connectivity index (χ2n) is 11.1. The molecule has 0 bridgehead atoms. The van der Waals surface area contributed by atoms with Gasteiger partial charge < -0.3 is 19.4 Å². The number of hydrogen-bond acceptors (Lipinski definition) is 6. The van der Waals surface area contributed by atoms with E-state index in [1.54, 1.807) is 23.1 Å². The topological polar surface area (TPSA) is 116 Å². The van der Waals surface area contributed by atoms with Gasteiger partial charge in [-0.2, -0.15) is 0 Å². The lowest BCUT2D eigenvalue weighted by molar-refractivity contribution is -0.136. The largest absolute Gasteiger partial charge is 0.444 e. The lowest BCUT2D eigenvalue weighted by Gasteiger charge is -2.47. The minimum atomic E-state index is -0.684. The third kappa shape index (κ3) is 4.26. The fourth-order valence-corrected chi connectivity index (χ4v) is 5.48. The summed E-state index contributed by atoms with van der Waals surface area (Å²) in [6.07, 6.45) is 0.996. The molecule has 5 amide bonds. The number of imide groups is 1. The molecule has 4 aliphatic heterocycles. The maximum Gasteiger partial charge on any atom is 0.410 e. The molecule has 186 valence electrons. The first-order chi connectivity index (χ1) is 16.4. The van der Waals surface area contributed by atoms with Gasteiger partial charge in [0.25, 0.3) is 11.8 Å². The Morgan fingerprint density at radius 1 is 1.09 bits per heavy atom. The molecular weight excluding hydrogens is 452 g/mol. The minimum absolute atomic E-state index is 0.0954. The van der Waals surface area contributed by atoms with Gasteiger partial charge in [-0.15, -0.1) is 0 Å². The molecule has 0 aliphatic carbocycles. The molecule has 10 heteroatoms. The maximum absolute atomic E-state index is 13.3. The first kappa shape index (κ1) is 23.3. The smallest absolute Gasteiger partial charge is 0.410 e. The van der Waals surface area contributed by atoms with E-state index in [1.165, 1.54) is 4.90 Å². The number of likely N-dealkylation sites (tertiary alicyclic amines) is 2. The summed E-state index contributed by atoms with van der Waals surface area (Å²) in [7, 11) is 0. The first-order valence-electron chi connectivity index (χ1n) is 12.0. The van der Waals surface area contributed by atoms with Crippen LogP contribution in [0.5, 0.6) is 0 Å². The van der Waals surface area contributed by atoms with Crippen LogP contribution in [0.2, 0.25) is 0 Å². The predicted molar refractivity (Wildman–Crippen MR) is 123 cm³/mol. The summed E-state index contributed by atoms with van der Waals surface area (Å²) in [4.78, 5) is 67.1. The first-order valence-corrected chi connectivity index (χ1v) is 12.0. The molecule has 1 atom stereocenters. The molecule has 3 fully saturated rings. The fourth-order valence-electron chi connectivity index (χ4n) is 5.48. The Bertz CT molecular complexity index is 1130. The van der Waals surface area contributed by atoms with Crippen molar-refractivity contribution in [2.45, 2.75) is 58.2 Å². The Morgan fingerprint density at radius 3 is 2.49 bits per heavy atom. The summed E-state index contributed by atoms with van der Waals surface area (Å²) in [5, 5.41) is 2.30. The average molecular weight is 483 g/mol. The summed E-state index contributed by atoms with van der Waals surface area (Å²) >= 11 is 0. The van der Waals surface area contributed by atoms with Gasteiger partial charge in [0.1, 0.15) is 11.6 Å². The van der Waals surface area contributed by atoms with Crippen molar-refractivity contribution < 1.29 is 28.7 Å². The third-order valence-electron chi connectivity index (χ3n) is 7.20. The van der Waals surface area contributed by atoms with Gasteiger partial charge in [-0.05, 0) is 57.4 Å². The number of hydrogen-bond donors (Lipinski definition) is 1. The van der Waals surface area contributed by atoms with E-state index < -0.39 is 17.6 Å². The molecule has 1 aromatic carbocycles. The number of carbonyl (C=O) groups excluding carboxylic acids is 5. The summed E-state index contributed by atoms with van der Waals surface area (Å²) in [6.45, 7) is 8.08. The zero-order valence-electron chi connectivity index (χ0n) is 20.3. The number of carbonyl (C=O) groups is 5. The Labute approximate surface area is 203 Å². The van der Waals surface area contributed by atoms with Crippen molar-refractivity contribution in [3.63, 3.8) is 0 Å².